The van der Waals surface area contributed by atoms with Crippen molar-refractivity contribution in [2.75, 3.05) is 13.2 Å². The summed E-state index contributed by atoms with van der Waals surface area (Å²) < 4.78 is 12.9. The summed E-state index contributed by atoms with van der Waals surface area (Å²) in [5.74, 6) is 0.471. The number of hydrogen-bond donors (Lipinski definition) is 1. The highest BCUT2D eigenvalue weighted by Gasteiger charge is 2.14. The molecule has 5 nitrogen and oxygen atoms in total. The van der Waals surface area contributed by atoms with Crippen LogP contribution in [0.2, 0.25) is 0 Å². The second kappa shape index (κ2) is 5.86. The predicted octanol–water partition coefficient (Wildman–Crippen LogP) is 2.83. The molecule has 0 amide bonds. The Kier molecular flexibility index (Phi) is 4.17. The molecule has 0 spiro atoms. The van der Waals surface area contributed by atoms with Crippen molar-refractivity contribution >= 4 is 16.9 Å². The van der Waals surface area contributed by atoms with Crippen molar-refractivity contribution in [2.45, 2.75) is 27.3 Å². The average molecular weight is 277 g/mol. The van der Waals surface area contributed by atoms with E-state index in [0.717, 1.165) is 16.5 Å². The second-order valence-electron chi connectivity index (χ2n) is 4.52. The van der Waals surface area contributed by atoms with E-state index in [1.54, 1.807) is 4.57 Å². The standard InChI is InChI=1S/C15H19NO4/c1-4-19-13-6-11-10(3)8-16(9-15(17)18)12(11)7-14(13)20-5-2/h6-8H,4-5,9H2,1-3H3,(H,17,18). The zero-order valence-electron chi connectivity index (χ0n) is 12.0. The molecule has 0 aliphatic carbocycles. The summed E-state index contributed by atoms with van der Waals surface area (Å²) in [5, 5.41) is 9.95. The third-order valence-electron chi connectivity index (χ3n) is 3.05. The largest absolute Gasteiger partial charge is 0.490 e. The zero-order chi connectivity index (χ0) is 14.7. The van der Waals surface area contributed by atoms with E-state index in [0.29, 0.717) is 24.7 Å². The number of benzene rings is 1. The van der Waals surface area contributed by atoms with Gasteiger partial charge >= 0.3 is 5.97 Å². The Balaban J connectivity index is 2.58. The monoisotopic (exact) mass is 277 g/mol. The minimum Gasteiger partial charge on any atom is -0.490 e. The van der Waals surface area contributed by atoms with Gasteiger partial charge in [-0.15, -0.1) is 0 Å². The van der Waals surface area contributed by atoms with E-state index in [2.05, 4.69) is 0 Å². The fourth-order valence-corrected chi connectivity index (χ4v) is 2.29. The van der Waals surface area contributed by atoms with Crippen molar-refractivity contribution in [2.24, 2.45) is 0 Å². The molecular weight excluding hydrogens is 258 g/mol. The molecule has 0 atom stereocenters. The average Bonchev–Trinajstić information content (AvgIpc) is 2.66. The summed E-state index contributed by atoms with van der Waals surface area (Å²) in [5.41, 5.74) is 1.86. The third kappa shape index (κ3) is 2.71. The third-order valence-corrected chi connectivity index (χ3v) is 3.05. The number of carbonyl (C=O) groups is 1. The van der Waals surface area contributed by atoms with Gasteiger partial charge in [-0.25, -0.2) is 0 Å². The zero-order valence-corrected chi connectivity index (χ0v) is 12.0. The lowest BCUT2D eigenvalue weighted by Gasteiger charge is -2.12. The topological polar surface area (TPSA) is 60.7 Å². The number of aryl methyl sites for hydroxylation is 1. The summed E-state index contributed by atoms with van der Waals surface area (Å²) in [6.07, 6.45) is 1.84. The number of rotatable bonds is 6. The molecule has 1 N–H and O–H groups in total. The Bertz CT molecular complexity index is 630. The maximum absolute atomic E-state index is 10.9. The minimum atomic E-state index is -0.867. The van der Waals surface area contributed by atoms with Crippen LogP contribution in [0.25, 0.3) is 10.9 Å². The van der Waals surface area contributed by atoms with Crippen LogP contribution in [0.15, 0.2) is 18.3 Å². The lowest BCUT2D eigenvalue weighted by Crippen LogP contribution is -2.07. The van der Waals surface area contributed by atoms with E-state index in [9.17, 15) is 4.79 Å². The number of ether oxygens (including phenoxy) is 2. The van der Waals surface area contributed by atoms with Crippen molar-refractivity contribution in [3.05, 3.63) is 23.9 Å². The van der Waals surface area contributed by atoms with Gasteiger partial charge in [0, 0.05) is 17.6 Å². The van der Waals surface area contributed by atoms with Gasteiger partial charge in [-0.2, -0.15) is 0 Å². The highest BCUT2D eigenvalue weighted by Crippen LogP contribution is 2.35. The van der Waals surface area contributed by atoms with Gasteiger partial charge < -0.3 is 19.1 Å². The van der Waals surface area contributed by atoms with Gasteiger partial charge in [0.25, 0.3) is 0 Å². The Hall–Kier alpha value is -2.17. The van der Waals surface area contributed by atoms with E-state index in [1.807, 2.05) is 39.1 Å². The molecule has 20 heavy (non-hydrogen) atoms. The van der Waals surface area contributed by atoms with Crippen LogP contribution in [0.4, 0.5) is 0 Å². The first-order valence-electron chi connectivity index (χ1n) is 6.67. The van der Waals surface area contributed by atoms with Gasteiger partial charge in [0.2, 0.25) is 0 Å². The molecule has 2 aromatic rings. The smallest absolute Gasteiger partial charge is 0.323 e. The summed E-state index contributed by atoms with van der Waals surface area (Å²) in [4.78, 5) is 10.9. The summed E-state index contributed by atoms with van der Waals surface area (Å²) in [6.45, 7) is 6.80. The van der Waals surface area contributed by atoms with Crippen LogP contribution in [0.5, 0.6) is 11.5 Å². The molecule has 108 valence electrons. The fourth-order valence-electron chi connectivity index (χ4n) is 2.29. The normalized spacial score (nSPS) is 10.8. The molecule has 1 aromatic heterocycles. The van der Waals surface area contributed by atoms with Gasteiger partial charge in [-0.05, 0) is 32.4 Å². The van der Waals surface area contributed by atoms with E-state index < -0.39 is 5.97 Å². The van der Waals surface area contributed by atoms with E-state index in [1.165, 1.54) is 0 Å². The molecule has 0 bridgehead atoms. The van der Waals surface area contributed by atoms with E-state index in [4.69, 9.17) is 14.6 Å². The van der Waals surface area contributed by atoms with Crippen molar-refractivity contribution in [3.63, 3.8) is 0 Å². The van der Waals surface area contributed by atoms with E-state index in [-0.39, 0.29) is 6.54 Å². The van der Waals surface area contributed by atoms with Crippen LogP contribution in [0, 0.1) is 6.92 Å². The second-order valence-corrected chi connectivity index (χ2v) is 4.52. The molecule has 0 saturated heterocycles. The molecule has 0 unspecified atom stereocenters. The number of aromatic nitrogens is 1. The highest BCUT2D eigenvalue weighted by molar-refractivity contribution is 5.88. The summed E-state index contributed by atoms with van der Waals surface area (Å²) in [7, 11) is 0. The van der Waals surface area contributed by atoms with Crippen molar-refractivity contribution in [1.82, 2.24) is 4.57 Å². The first-order chi connectivity index (χ1) is 9.56. The van der Waals surface area contributed by atoms with Gasteiger partial charge in [-0.1, -0.05) is 0 Å². The lowest BCUT2D eigenvalue weighted by atomic mass is 10.1. The molecule has 5 heteroatoms. The van der Waals surface area contributed by atoms with Gasteiger partial charge in [0.1, 0.15) is 6.54 Å². The van der Waals surface area contributed by atoms with Gasteiger partial charge in [0.05, 0.1) is 18.7 Å². The first-order valence-corrected chi connectivity index (χ1v) is 6.67. The van der Waals surface area contributed by atoms with Gasteiger partial charge in [-0.3, -0.25) is 4.79 Å². The molecule has 1 heterocycles. The Labute approximate surface area is 117 Å². The van der Waals surface area contributed by atoms with Crippen LogP contribution in [0.1, 0.15) is 19.4 Å². The fraction of sp³-hybridized carbons (Fsp3) is 0.400. The minimum absolute atomic E-state index is 0.0656. The highest BCUT2D eigenvalue weighted by atomic mass is 16.5. The van der Waals surface area contributed by atoms with Crippen LogP contribution in [-0.2, 0) is 11.3 Å². The number of carboxylic acid groups (broad SMARTS) is 1. The Morgan fingerprint density at radius 1 is 1.20 bits per heavy atom. The number of aliphatic carboxylic acids is 1. The molecule has 0 aliphatic heterocycles. The Morgan fingerprint density at radius 2 is 1.80 bits per heavy atom. The van der Waals surface area contributed by atoms with Crippen LogP contribution < -0.4 is 9.47 Å². The van der Waals surface area contributed by atoms with Crippen LogP contribution in [0.3, 0.4) is 0 Å². The summed E-state index contributed by atoms with van der Waals surface area (Å²) in [6, 6.07) is 3.76. The number of fused-ring (bicyclic) bond motifs is 1. The number of nitrogens with zero attached hydrogens (tertiary/aromatic N) is 1. The van der Waals surface area contributed by atoms with Crippen molar-refractivity contribution in [3.8, 4) is 11.5 Å². The van der Waals surface area contributed by atoms with Crippen LogP contribution in [-0.4, -0.2) is 28.9 Å². The molecule has 2 rings (SSSR count). The molecular formula is C15H19NO4. The maximum Gasteiger partial charge on any atom is 0.323 e. The van der Waals surface area contributed by atoms with Gasteiger partial charge in [0.15, 0.2) is 11.5 Å². The van der Waals surface area contributed by atoms with E-state index >= 15 is 0 Å². The maximum atomic E-state index is 10.9. The molecule has 1 aromatic carbocycles. The lowest BCUT2D eigenvalue weighted by molar-refractivity contribution is -0.137. The molecule has 0 saturated carbocycles. The van der Waals surface area contributed by atoms with Crippen molar-refractivity contribution in [1.29, 1.82) is 0 Å². The van der Waals surface area contributed by atoms with Crippen molar-refractivity contribution < 1.29 is 19.4 Å². The predicted molar refractivity (Wildman–Crippen MR) is 76.6 cm³/mol. The number of carboxylic acids is 1. The summed E-state index contributed by atoms with van der Waals surface area (Å²) >= 11 is 0. The quantitative estimate of drug-likeness (QED) is 0.882. The molecule has 0 fully saturated rings. The molecule has 0 radical (unpaired) electrons. The molecule has 0 aliphatic rings. The number of hydrogen-bond acceptors (Lipinski definition) is 3. The SMILES string of the molecule is CCOc1cc2c(C)cn(CC(=O)O)c2cc1OCC. The van der Waals surface area contributed by atoms with Crippen LogP contribution >= 0.6 is 0 Å². The first kappa shape index (κ1) is 14.2. The Morgan fingerprint density at radius 3 is 2.35 bits per heavy atom.